The predicted molar refractivity (Wildman–Crippen MR) is 98.6 cm³/mol. The lowest BCUT2D eigenvalue weighted by molar-refractivity contribution is -0.142. The Morgan fingerprint density at radius 2 is 1.93 bits per heavy atom. The van der Waals surface area contributed by atoms with E-state index >= 15 is 0 Å². The number of esters is 1. The number of hydrogen-bond acceptors (Lipinski definition) is 6. The lowest BCUT2D eigenvalue weighted by Gasteiger charge is -2.11. The summed E-state index contributed by atoms with van der Waals surface area (Å²) in [7, 11) is 0. The quantitative estimate of drug-likeness (QED) is 0.478. The van der Waals surface area contributed by atoms with Crippen molar-refractivity contribution in [2.24, 2.45) is 0 Å². The number of ether oxygens (including phenoxy) is 1. The Hall–Kier alpha value is -3.18. The molecule has 27 heavy (non-hydrogen) atoms. The van der Waals surface area contributed by atoms with Gasteiger partial charge in [0.2, 0.25) is 0 Å². The molecular formula is C19H15FN4O2S. The molecule has 8 heteroatoms. The van der Waals surface area contributed by atoms with Gasteiger partial charge >= 0.3 is 5.97 Å². The molecule has 0 fully saturated rings. The van der Waals surface area contributed by atoms with E-state index in [1.807, 2.05) is 36.4 Å². The number of para-hydroxylation sites is 1. The number of hydrogen-bond donors (Lipinski definition) is 0. The maximum Gasteiger partial charge on any atom is 0.317 e. The molecule has 0 aliphatic heterocycles. The molecule has 0 saturated heterocycles. The number of nitriles is 1. The minimum atomic E-state index is -0.820. The van der Waals surface area contributed by atoms with Crippen molar-refractivity contribution in [1.82, 2.24) is 14.8 Å². The van der Waals surface area contributed by atoms with Crippen molar-refractivity contribution in [1.29, 1.82) is 5.26 Å². The third kappa shape index (κ3) is 4.33. The number of nitrogens with zero attached hydrogens (tertiary/aromatic N) is 4. The predicted octanol–water partition coefficient (Wildman–Crippen LogP) is 3.62. The third-order valence-corrected chi connectivity index (χ3v) is 4.47. The van der Waals surface area contributed by atoms with Gasteiger partial charge in [-0.25, -0.2) is 4.39 Å². The molecule has 1 atom stereocenters. The Balaban J connectivity index is 1.95. The summed E-state index contributed by atoms with van der Waals surface area (Å²) in [6.07, 6.45) is -0.820. The zero-order valence-corrected chi connectivity index (χ0v) is 15.2. The summed E-state index contributed by atoms with van der Waals surface area (Å²) in [5.74, 6) is -0.667. The number of carbonyl (C=O) groups is 1. The Morgan fingerprint density at radius 1 is 1.22 bits per heavy atom. The zero-order valence-electron chi connectivity index (χ0n) is 14.4. The fourth-order valence-electron chi connectivity index (χ4n) is 2.37. The Morgan fingerprint density at radius 3 is 2.63 bits per heavy atom. The molecule has 1 aromatic heterocycles. The first kappa shape index (κ1) is 18.6. The maximum absolute atomic E-state index is 14.3. The molecule has 0 amide bonds. The van der Waals surface area contributed by atoms with Gasteiger partial charge in [-0.15, -0.1) is 10.2 Å². The Kier molecular flexibility index (Phi) is 5.84. The van der Waals surface area contributed by atoms with E-state index in [4.69, 9.17) is 10.00 Å². The number of aromatic nitrogens is 3. The monoisotopic (exact) mass is 382 g/mol. The van der Waals surface area contributed by atoms with Crippen LogP contribution in [0.5, 0.6) is 0 Å². The summed E-state index contributed by atoms with van der Waals surface area (Å²) in [6, 6.07) is 17.4. The second kappa shape index (κ2) is 8.47. The first-order valence-electron chi connectivity index (χ1n) is 8.07. The molecule has 136 valence electrons. The van der Waals surface area contributed by atoms with Crippen LogP contribution in [0.1, 0.15) is 6.92 Å². The highest BCUT2D eigenvalue weighted by Gasteiger charge is 2.20. The lowest BCUT2D eigenvalue weighted by atomic mass is 10.2. The van der Waals surface area contributed by atoms with Gasteiger partial charge < -0.3 is 4.74 Å². The van der Waals surface area contributed by atoms with Crippen LogP contribution in [0.2, 0.25) is 0 Å². The first-order chi connectivity index (χ1) is 13.1. The van der Waals surface area contributed by atoms with Crippen LogP contribution in [0.4, 0.5) is 4.39 Å². The van der Waals surface area contributed by atoms with Crippen molar-refractivity contribution in [3.8, 4) is 23.1 Å². The van der Waals surface area contributed by atoms with Crippen LogP contribution in [0.25, 0.3) is 17.1 Å². The molecule has 3 aromatic rings. The van der Waals surface area contributed by atoms with E-state index in [0.29, 0.717) is 16.5 Å². The van der Waals surface area contributed by atoms with Crippen molar-refractivity contribution in [2.45, 2.75) is 18.2 Å². The van der Waals surface area contributed by atoms with E-state index in [0.717, 1.165) is 17.4 Å². The summed E-state index contributed by atoms with van der Waals surface area (Å²) >= 11 is 1.11. The van der Waals surface area contributed by atoms with E-state index in [-0.39, 0.29) is 5.75 Å². The van der Waals surface area contributed by atoms with E-state index in [2.05, 4.69) is 10.2 Å². The minimum absolute atomic E-state index is 0.0474. The van der Waals surface area contributed by atoms with Gasteiger partial charge in [0.25, 0.3) is 0 Å². The average Bonchev–Trinajstić information content (AvgIpc) is 3.11. The van der Waals surface area contributed by atoms with Crippen LogP contribution in [-0.2, 0) is 9.53 Å². The molecule has 6 nitrogen and oxygen atoms in total. The van der Waals surface area contributed by atoms with Crippen LogP contribution in [0.15, 0.2) is 59.8 Å². The molecule has 1 heterocycles. The van der Waals surface area contributed by atoms with E-state index in [9.17, 15) is 9.18 Å². The molecule has 0 aliphatic rings. The van der Waals surface area contributed by atoms with Gasteiger partial charge in [-0.3, -0.25) is 9.36 Å². The van der Waals surface area contributed by atoms with Crippen molar-refractivity contribution < 1.29 is 13.9 Å². The summed E-state index contributed by atoms with van der Waals surface area (Å²) < 4.78 is 20.9. The van der Waals surface area contributed by atoms with Gasteiger partial charge in [-0.1, -0.05) is 42.1 Å². The molecule has 0 aliphatic carbocycles. The molecule has 2 aromatic carbocycles. The third-order valence-electron chi connectivity index (χ3n) is 3.57. The van der Waals surface area contributed by atoms with Crippen LogP contribution in [-0.4, -0.2) is 32.6 Å². The second-order valence-corrected chi connectivity index (χ2v) is 6.45. The molecular weight excluding hydrogens is 367 g/mol. The van der Waals surface area contributed by atoms with Crippen molar-refractivity contribution in [2.75, 3.05) is 5.75 Å². The largest absolute Gasteiger partial charge is 0.447 e. The fourth-order valence-corrected chi connectivity index (χ4v) is 3.11. The van der Waals surface area contributed by atoms with Crippen LogP contribution >= 0.6 is 11.8 Å². The van der Waals surface area contributed by atoms with Crippen molar-refractivity contribution >= 4 is 17.7 Å². The number of rotatable bonds is 6. The Bertz CT molecular complexity index is 985. The number of halogens is 1. The summed E-state index contributed by atoms with van der Waals surface area (Å²) in [4.78, 5) is 11.9. The SMILES string of the molecule is C[C@H](C#N)OC(=O)CSc1nnc(-c2ccccc2F)n1-c1ccccc1. The van der Waals surface area contributed by atoms with Gasteiger partial charge in [-0.2, -0.15) is 5.26 Å². The molecule has 0 saturated carbocycles. The molecule has 0 bridgehead atoms. The summed E-state index contributed by atoms with van der Waals surface area (Å²) in [5, 5.41) is 17.4. The highest BCUT2D eigenvalue weighted by Crippen LogP contribution is 2.29. The number of benzene rings is 2. The van der Waals surface area contributed by atoms with Gasteiger partial charge in [0.05, 0.1) is 11.3 Å². The van der Waals surface area contributed by atoms with Crippen LogP contribution in [0.3, 0.4) is 0 Å². The smallest absolute Gasteiger partial charge is 0.317 e. The van der Waals surface area contributed by atoms with Crippen LogP contribution in [0, 0.1) is 17.1 Å². The number of carbonyl (C=O) groups excluding carboxylic acids is 1. The van der Waals surface area contributed by atoms with E-state index in [1.165, 1.54) is 13.0 Å². The topological polar surface area (TPSA) is 80.8 Å². The molecule has 0 radical (unpaired) electrons. The molecule has 0 spiro atoms. The minimum Gasteiger partial charge on any atom is -0.447 e. The average molecular weight is 382 g/mol. The van der Waals surface area contributed by atoms with Gasteiger partial charge in [-0.05, 0) is 31.2 Å². The van der Waals surface area contributed by atoms with Crippen molar-refractivity contribution in [3.05, 3.63) is 60.4 Å². The maximum atomic E-state index is 14.3. The fraction of sp³-hybridized carbons (Fsp3) is 0.158. The second-order valence-electron chi connectivity index (χ2n) is 5.51. The van der Waals surface area contributed by atoms with E-state index < -0.39 is 17.9 Å². The molecule has 0 N–H and O–H groups in total. The highest BCUT2D eigenvalue weighted by atomic mass is 32.2. The Labute approximate surface area is 159 Å². The number of thioether (sulfide) groups is 1. The normalized spacial score (nSPS) is 11.6. The van der Waals surface area contributed by atoms with Gasteiger partial charge in [0.15, 0.2) is 17.1 Å². The zero-order chi connectivity index (χ0) is 19.2. The standard InChI is InChI=1S/C19H15FN4O2S/c1-13(11-21)26-17(25)12-27-19-23-22-18(15-9-5-6-10-16(15)20)24(19)14-7-3-2-4-8-14/h2-10,13H,12H2,1H3/t13-/m1/s1. The van der Waals surface area contributed by atoms with Crippen LogP contribution < -0.4 is 0 Å². The summed E-state index contributed by atoms with van der Waals surface area (Å²) in [6.45, 7) is 1.49. The van der Waals surface area contributed by atoms with Gasteiger partial charge in [0, 0.05) is 5.69 Å². The van der Waals surface area contributed by atoms with Crippen molar-refractivity contribution in [3.63, 3.8) is 0 Å². The molecule has 0 unspecified atom stereocenters. The van der Waals surface area contributed by atoms with E-state index in [1.54, 1.807) is 22.8 Å². The first-order valence-corrected chi connectivity index (χ1v) is 9.06. The summed E-state index contributed by atoms with van der Waals surface area (Å²) in [5.41, 5.74) is 1.04. The highest BCUT2D eigenvalue weighted by molar-refractivity contribution is 7.99. The van der Waals surface area contributed by atoms with Gasteiger partial charge in [0.1, 0.15) is 11.9 Å². The lowest BCUT2D eigenvalue weighted by Crippen LogP contribution is -2.15. The molecule has 3 rings (SSSR count).